The molecule has 0 spiro atoms. The maximum atomic E-state index is 7.36. The molecule has 0 bridgehead atoms. The van der Waals surface area contributed by atoms with Gasteiger partial charge in [0.15, 0.2) is 0 Å². The summed E-state index contributed by atoms with van der Waals surface area (Å²) < 4.78 is 0. The third-order valence-corrected chi connectivity index (χ3v) is 1.52. The van der Waals surface area contributed by atoms with Crippen LogP contribution >= 0.6 is 0 Å². The van der Waals surface area contributed by atoms with Gasteiger partial charge in [-0.3, -0.25) is 15.7 Å². The van der Waals surface area contributed by atoms with Crippen molar-refractivity contribution in [2.24, 2.45) is 0 Å². The topological polar surface area (TPSA) is 50.9 Å². The molecule has 0 aliphatic rings. The van der Waals surface area contributed by atoms with E-state index in [9.17, 15) is 0 Å². The van der Waals surface area contributed by atoms with Crippen LogP contribution in [0, 0.1) is 10.8 Å². The Bertz CT molecular complexity index is 279. The van der Waals surface area contributed by atoms with Gasteiger partial charge in [0.05, 0.1) is 6.34 Å². The van der Waals surface area contributed by atoms with Crippen molar-refractivity contribution in [1.82, 2.24) is 0 Å². The van der Waals surface area contributed by atoms with E-state index in [1.807, 2.05) is 30.3 Å². The molecule has 0 fully saturated rings. The van der Waals surface area contributed by atoms with Crippen LogP contribution in [0.2, 0.25) is 0 Å². The molecule has 0 atom stereocenters. The van der Waals surface area contributed by atoms with Gasteiger partial charge >= 0.3 is 0 Å². The van der Waals surface area contributed by atoms with Gasteiger partial charge in [0, 0.05) is 5.69 Å². The van der Waals surface area contributed by atoms with Crippen molar-refractivity contribution >= 4 is 17.9 Å². The lowest BCUT2D eigenvalue weighted by molar-refractivity contribution is 1.32. The van der Waals surface area contributed by atoms with E-state index in [1.54, 1.807) is 6.92 Å². The Kier molecular flexibility index (Phi) is 2.58. The summed E-state index contributed by atoms with van der Waals surface area (Å²) in [5, 5.41) is 14.5. The van der Waals surface area contributed by atoms with Crippen LogP contribution in [0.15, 0.2) is 30.3 Å². The van der Waals surface area contributed by atoms with Gasteiger partial charge in [0.2, 0.25) is 0 Å². The molecule has 0 radical (unpaired) electrons. The van der Waals surface area contributed by atoms with Crippen LogP contribution in [-0.4, -0.2) is 12.2 Å². The van der Waals surface area contributed by atoms with Gasteiger partial charge in [-0.2, -0.15) is 0 Å². The second-order valence-electron chi connectivity index (χ2n) is 2.42. The van der Waals surface area contributed by atoms with E-state index in [0.717, 1.165) is 12.0 Å². The van der Waals surface area contributed by atoms with Gasteiger partial charge in [0.25, 0.3) is 0 Å². The van der Waals surface area contributed by atoms with Crippen molar-refractivity contribution in [1.29, 1.82) is 10.8 Å². The van der Waals surface area contributed by atoms with Gasteiger partial charge in [-0.05, 0) is 19.1 Å². The molecule has 62 valence electrons. The zero-order valence-electron chi connectivity index (χ0n) is 6.91. The molecule has 0 aromatic heterocycles. The molecule has 0 heterocycles. The van der Waals surface area contributed by atoms with Crippen molar-refractivity contribution in [2.45, 2.75) is 6.92 Å². The SMILES string of the molecule is CC(=N)N(C=N)c1ccccc1. The van der Waals surface area contributed by atoms with E-state index in [0.29, 0.717) is 5.84 Å². The first-order valence-electron chi connectivity index (χ1n) is 3.65. The van der Waals surface area contributed by atoms with E-state index >= 15 is 0 Å². The maximum absolute atomic E-state index is 7.36. The fraction of sp³-hybridized carbons (Fsp3) is 0.111. The smallest absolute Gasteiger partial charge is 0.102 e. The third kappa shape index (κ3) is 1.69. The number of amidine groups is 1. The van der Waals surface area contributed by atoms with Crippen LogP contribution in [0.1, 0.15) is 6.92 Å². The lowest BCUT2D eigenvalue weighted by Gasteiger charge is -2.16. The van der Waals surface area contributed by atoms with Crippen molar-refractivity contribution < 1.29 is 0 Å². The number of hydrogen-bond donors (Lipinski definition) is 2. The van der Waals surface area contributed by atoms with Crippen molar-refractivity contribution in [2.75, 3.05) is 4.90 Å². The first-order chi connectivity index (χ1) is 5.75. The number of rotatable bonds is 2. The van der Waals surface area contributed by atoms with Crippen LogP contribution in [0.25, 0.3) is 0 Å². The highest BCUT2D eigenvalue weighted by Gasteiger charge is 2.02. The lowest BCUT2D eigenvalue weighted by atomic mass is 10.3. The third-order valence-electron chi connectivity index (χ3n) is 1.52. The lowest BCUT2D eigenvalue weighted by Crippen LogP contribution is -2.25. The number of anilines is 1. The predicted octanol–water partition coefficient (Wildman–Crippen LogP) is 2.10. The Morgan fingerprint density at radius 3 is 2.33 bits per heavy atom. The van der Waals surface area contributed by atoms with Gasteiger partial charge in [0.1, 0.15) is 5.84 Å². The number of benzene rings is 1. The Labute approximate surface area is 71.7 Å². The van der Waals surface area contributed by atoms with E-state index in [-0.39, 0.29) is 0 Å². The molecule has 0 unspecified atom stereocenters. The summed E-state index contributed by atoms with van der Waals surface area (Å²) >= 11 is 0. The van der Waals surface area contributed by atoms with Crippen LogP contribution < -0.4 is 4.90 Å². The first-order valence-corrected chi connectivity index (χ1v) is 3.65. The van der Waals surface area contributed by atoms with Gasteiger partial charge in [-0.25, -0.2) is 0 Å². The summed E-state index contributed by atoms with van der Waals surface area (Å²) in [6.45, 7) is 1.65. The van der Waals surface area contributed by atoms with E-state index in [4.69, 9.17) is 10.8 Å². The van der Waals surface area contributed by atoms with Crippen LogP contribution in [-0.2, 0) is 0 Å². The second-order valence-corrected chi connectivity index (χ2v) is 2.42. The Morgan fingerprint density at radius 1 is 1.33 bits per heavy atom. The maximum Gasteiger partial charge on any atom is 0.102 e. The fourth-order valence-corrected chi connectivity index (χ4v) is 0.954. The summed E-state index contributed by atoms with van der Waals surface area (Å²) in [4.78, 5) is 1.50. The number of para-hydroxylation sites is 1. The van der Waals surface area contributed by atoms with E-state index in [2.05, 4.69) is 0 Å². The molecule has 0 aliphatic heterocycles. The molecule has 0 amide bonds. The average Bonchev–Trinajstić information content (AvgIpc) is 2.07. The highest BCUT2D eigenvalue weighted by molar-refractivity contribution is 6.07. The molecular weight excluding hydrogens is 150 g/mol. The van der Waals surface area contributed by atoms with Gasteiger partial charge < -0.3 is 0 Å². The van der Waals surface area contributed by atoms with Crippen molar-refractivity contribution in [3.8, 4) is 0 Å². The fourth-order valence-electron chi connectivity index (χ4n) is 0.954. The number of nitrogens with zero attached hydrogens (tertiary/aromatic N) is 1. The number of hydrogen-bond acceptors (Lipinski definition) is 2. The first kappa shape index (κ1) is 8.46. The highest BCUT2D eigenvalue weighted by Crippen LogP contribution is 2.10. The minimum Gasteiger partial charge on any atom is -0.291 e. The van der Waals surface area contributed by atoms with Crippen LogP contribution in [0.4, 0.5) is 5.69 Å². The standard InChI is InChI=1S/C9H11N3/c1-8(11)12(7-10)9-5-3-2-4-6-9/h2-7,10-11H,1H3. The Balaban J connectivity index is 2.95. The minimum absolute atomic E-state index is 0.344. The van der Waals surface area contributed by atoms with Crippen LogP contribution in [0.5, 0.6) is 0 Å². The molecule has 12 heavy (non-hydrogen) atoms. The monoisotopic (exact) mass is 161 g/mol. The average molecular weight is 161 g/mol. The summed E-state index contributed by atoms with van der Waals surface area (Å²) in [6.07, 6.45) is 1.14. The summed E-state index contributed by atoms with van der Waals surface area (Å²) in [7, 11) is 0. The summed E-state index contributed by atoms with van der Waals surface area (Å²) in [5.41, 5.74) is 0.847. The summed E-state index contributed by atoms with van der Waals surface area (Å²) in [6, 6.07) is 9.40. The van der Waals surface area contributed by atoms with E-state index in [1.165, 1.54) is 4.90 Å². The molecule has 3 heteroatoms. The quantitative estimate of drug-likeness (QED) is 0.506. The molecule has 1 aromatic rings. The van der Waals surface area contributed by atoms with Gasteiger partial charge in [-0.15, -0.1) is 0 Å². The largest absolute Gasteiger partial charge is 0.291 e. The zero-order valence-corrected chi connectivity index (χ0v) is 6.91. The Morgan fingerprint density at radius 2 is 1.92 bits per heavy atom. The predicted molar refractivity (Wildman–Crippen MR) is 51.1 cm³/mol. The van der Waals surface area contributed by atoms with Crippen molar-refractivity contribution in [3.05, 3.63) is 30.3 Å². The number of nitrogens with one attached hydrogen (secondary N) is 2. The molecule has 1 rings (SSSR count). The van der Waals surface area contributed by atoms with Gasteiger partial charge in [-0.1, -0.05) is 18.2 Å². The summed E-state index contributed by atoms with van der Waals surface area (Å²) in [5.74, 6) is 0.344. The second kappa shape index (κ2) is 3.67. The highest BCUT2D eigenvalue weighted by atomic mass is 15.2. The molecule has 1 aromatic carbocycles. The zero-order chi connectivity index (χ0) is 8.97. The molecular formula is C9H11N3. The molecule has 2 N–H and O–H groups in total. The van der Waals surface area contributed by atoms with E-state index < -0.39 is 0 Å². The molecule has 3 nitrogen and oxygen atoms in total. The normalized spacial score (nSPS) is 9.08. The minimum atomic E-state index is 0.344. The van der Waals surface area contributed by atoms with Crippen LogP contribution in [0.3, 0.4) is 0 Å². The molecule has 0 saturated carbocycles. The molecule has 0 saturated heterocycles. The Hall–Kier alpha value is -1.64. The van der Waals surface area contributed by atoms with Crippen molar-refractivity contribution in [3.63, 3.8) is 0 Å². The molecule has 0 aliphatic carbocycles.